The van der Waals surface area contributed by atoms with E-state index >= 15 is 0 Å². The molecule has 32 heavy (non-hydrogen) atoms. The van der Waals surface area contributed by atoms with Crippen LogP contribution < -0.4 is 20.1 Å². The highest BCUT2D eigenvalue weighted by Gasteiger charge is 2.49. The maximum absolute atomic E-state index is 14.3. The molecular weight excluding hydrogens is 409 g/mol. The van der Waals surface area contributed by atoms with Gasteiger partial charge in [0.1, 0.15) is 11.5 Å². The van der Waals surface area contributed by atoms with Crippen LogP contribution in [-0.4, -0.2) is 43.4 Å². The van der Waals surface area contributed by atoms with Crippen molar-refractivity contribution < 1.29 is 18.6 Å². The molecule has 7 heteroatoms. The highest BCUT2D eigenvalue weighted by atomic mass is 19.1. The summed E-state index contributed by atoms with van der Waals surface area (Å²) in [4.78, 5) is 4.42. The third-order valence-corrected chi connectivity index (χ3v) is 6.15. The van der Waals surface area contributed by atoms with Crippen molar-refractivity contribution in [2.45, 2.75) is 37.3 Å². The quantitative estimate of drug-likeness (QED) is 0.465. The number of pyridine rings is 1. The first-order chi connectivity index (χ1) is 15.6. The van der Waals surface area contributed by atoms with E-state index in [-0.39, 0.29) is 11.4 Å². The van der Waals surface area contributed by atoms with Gasteiger partial charge in [-0.3, -0.25) is 4.98 Å². The van der Waals surface area contributed by atoms with Crippen molar-refractivity contribution in [3.63, 3.8) is 0 Å². The Hall–Kier alpha value is -2.90. The second-order valence-electron chi connectivity index (χ2n) is 8.54. The van der Waals surface area contributed by atoms with Crippen molar-refractivity contribution in [3.8, 4) is 17.2 Å². The normalized spacial score (nSPS) is 18.8. The fraction of sp³-hybridized carbons (Fsp3) is 0.400. The number of ether oxygens (including phenoxy) is 3. The van der Waals surface area contributed by atoms with Crippen LogP contribution >= 0.6 is 0 Å². The van der Waals surface area contributed by atoms with Crippen LogP contribution in [-0.2, 0) is 4.74 Å². The second-order valence-corrected chi connectivity index (χ2v) is 8.54. The van der Waals surface area contributed by atoms with Crippen LogP contribution in [0.15, 0.2) is 48.7 Å². The Balaban J connectivity index is 1.16. The molecule has 2 fully saturated rings. The molecule has 1 saturated carbocycles. The molecule has 1 saturated heterocycles. The summed E-state index contributed by atoms with van der Waals surface area (Å²) >= 11 is 0. The van der Waals surface area contributed by atoms with Crippen molar-refractivity contribution >= 4 is 16.6 Å². The summed E-state index contributed by atoms with van der Waals surface area (Å²) in [6, 6.07) is 12.7. The predicted octanol–water partition coefficient (Wildman–Crippen LogP) is 4.89. The highest BCUT2D eigenvalue weighted by molar-refractivity contribution is 5.86. The van der Waals surface area contributed by atoms with Crippen molar-refractivity contribution in [2.75, 3.05) is 32.1 Å². The number of anilines is 1. The summed E-state index contributed by atoms with van der Waals surface area (Å²) in [5.74, 6) is 1.05. The molecule has 0 amide bonds. The van der Waals surface area contributed by atoms with Gasteiger partial charge >= 0.3 is 0 Å². The SMILES string of the molecule is CNc1ccc(Oc2ccnc3cc(OCCCNC4COC5(CC5)C4)ccc23)c(F)c1. The summed E-state index contributed by atoms with van der Waals surface area (Å²) in [7, 11) is 1.75. The molecule has 168 valence electrons. The Kier molecular flexibility index (Phi) is 5.85. The summed E-state index contributed by atoms with van der Waals surface area (Å²) in [6.45, 7) is 2.35. The molecule has 6 nitrogen and oxygen atoms in total. The van der Waals surface area contributed by atoms with E-state index in [9.17, 15) is 4.39 Å². The molecule has 1 aliphatic carbocycles. The molecule has 1 atom stereocenters. The van der Waals surface area contributed by atoms with Crippen LogP contribution in [0.1, 0.15) is 25.7 Å². The zero-order valence-electron chi connectivity index (χ0n) is 18.2. The van der Waals surface area contributed by atoms with E-state index in [4.69, 9.17) is 14.2 Å². The van der Waals surface area contributed by atoms with Gasteiger partial charge in [-0.2, -0.15) is 0 Å². The Morgan fingerprint density at radius 2 is 2.06 bits per heavy atom. The third-order valence-electron chi connectivity index (χ3n) is 6.15. The van der Waals surface area contributed by atoms with Crippen molar-refractivity contribution in [1.82, 2.24) is 10.3 Å². The van der Waals surface area contributed by atoms with Gasteiger partial charge in [0.15, 0.2) is 11.6 Å². The number of nitrogens with zero attached hydrogens (tertiary/aromatic N) is 1. The average molecular weight is 438 g/mol. The lowest BCUT2D eigenvalue weighted by molar-refractivity contribution is 0.0887. The first-order valence-corrected chi connectivity index (χ1v) is 11.2. The maximum Gasteiger partial charge on any atom is 0.167 e. The van der Waals surface area contributed by atoms with Gasteiger partial charge in [0.05, 0.1) is 24.3 Å². The molecule has 0 bridgehead atoms. The summed E-state index contributed by atoms with van der Waals surface area (Å²) in [6.07, 6.45) is 6.14. The minimum Gasteiger partial charge on any atom is -0.493 e. The Labute approximate surface area is 187 Å². The van der Waals surface area contributed by atoms with Gasteiger partial charge in [-0.05, 0) is 62.6 Å². The lowest BCUT2D eigenvalue weighted by atomic mass is 10.1. The van der Waals surface area contributed by atoms with E-state index < -0.39 is 5.82 Å². The van der Waals surface area contributed by atoms with Crippen LogP contribution in [0, 0.1) is 5.82 Å². The topological polar surface area (TPSA) is 64.6 Å². The zero-order chi connectivity index (χ0) is 22.0. The number of halogens is 1. The van der Waals surface area contributed by atoms with Gasteiger partial charge in [0.25, 0.3) is 0 Å². The molecule has 1 spiro atoms. The first kappa shape index (κ1) is 21.0. The number of fused-ring (bicyclic) bond motifs is 1. The van der Waals surface area contributed by atoms with Gasteiger partial charge in [-0.1, -0.05) is 0 Å². The molecule has 3 aromatic rings. The number of hydrogen-bond donors (Lipinski definition) is 2. The van der Waals surface area contributed by atoms with Crippen LogP contribution in [0.5, 0.6) is 17.2 Å². The lowest BCUT2D eigenvalue weighted by Gasteiger charge is -2.13. The largest absolute Gasteiger partial charge is 0.493 e. The van der Waals surface area contributed by atoms with E-state index in [0.717, 1.165) is 42.6 Å². The van der Waals surface area contributed by atoms with Crippen LogP contribution in [0.3, 0.4) is 0 Å². The van der Waals surface area contributed by atoms with Crippen molar-refractivity contribution in [1.29, 1.82) is 0 Å². The van der Waals surface area contributed by atoms with E-state index in [1.165, 1.54) is 18.9 Å². The molecular formula is C25H28FN3O3. The minimum atomic E-state index is -0.424. The molecule has 1 aromatic heterocycles. The maximum atomic E-state index is 14.3. The average Bonchev–Trinajstić information content (AvgIpc) is 3.45. The van der Waals surface area contributed by atoms with Crippen molar-refractivity contribution in [3.05, 3.63) is 54.5 Å². The monoisotopic (exact) mass is 437 g/mol. The predicted molar refractivity (Wildman–Crippen MR) is 122 cm³/mol. The molecule has 5 rings (SSSR count). The van der Waals surface area contributed by atoms with E-state index in [0.29, 0.717) is 24.1 Å². The van der Waals surface area contributed by atoms with E-state index in [1.54, 1.807) is 31.4 Å². The number of benzene rings is 2. The third kappa shape index (κ3) is 4.64. The van der Waals surface area contributed by atoms with Crippen LogP contribution in [0.25, 0.3) is 10.9 Å². The summed E-state index contributed by atoms with van der Waals surface area (Å²) < 4.78 is 31.9. The molecule has 1 aliphatic heterocycles. The molecule has 0 radical (unpaired) electrons. The number of hydrogen-bond acceptors (Lipinski definition) is 6. The molecule has 2 heterocycles. The standard InChI is InChI=1S/C25H28FN3O3/c1-27-17-3-6-24(21(26)13-17)32-23-7-11-29-22-14-19(4-5-20(22)23)30-12-2-10-28-18-15-25(8-9-25)31-16-18/h3-7,11,13-14,18,27-28H,2,8-10,12,15-16H2,1H3. The zero-order valence-corrected chi connectivity index (χ0v) is 18.2. The van der Waals surface area contributed by atoms with Gasteiger partial charge in [-0.25, -0.2) is 4.39 Å². The second kappa shape index (κ2) is 8.92. The number of nitrogens with one attached hydrogen (secondary N) is 2. The fourth-order valence-electron chi connectivity index (χ4n) is 4.17. The van der Waals surface area contributed by atoms with E-state index in [2.05, 4.69) is 15.6 Å². The van der Waals surface area contributed by atoms with Gasteiger partial charge in [0.2, 0.25) is 0 Å². The number of rotatable bonds is 9. The lowest BCUT2D eigenvalue weighted by Crippen LogP contribution is -2.31. The van der Waals surface area contributed by atoms with Gasteiger partial charge in [-0.15, -0.1) is 0 Å². The molecule has 1 unspecified atom stereocenters. The minimum absolute atomic E-state index is 0.171. The first-order valence-electron chi connectivity index (χ1n) is 11.2. The summed E-state index contributed by atoms with van der Waals surface area (Å²) in [5, 5.41) is 7.28. The Morgan fingerprint density at radius 1 is 1.16 bits per heavy atom. The van der Waals surface area contributed by atoms with E-state index in [1.807, 2.05) is 18.2 Å². The Morgan fingerprint density at radius 3 is 2.84 bits per heavy atom. The van der Waals surface area contributed by atoms with Crippen molar-refractivity contribution in [2.24, 2.45) is 0 Å². The van der Waals surface area contributed by atoms with Gasteiger partial charge < -0.3 is 24.8 Å². The molecule has 2 aliphatic rings. The molecule has 2 N–H and O–H groups in total. The highest BCUT2D eigenvalue weighted by Crippen LogP contribution is 2.47. The summed E-state index contributed by atoms with van der Waals surface area (Å²) in [5.41, 5.74) is 1.65. The smallest absolute Gasteiger partial charge is 0.167 e. The fourth-order valence-corrected chi connectivity index (χ4v) is 4.17. The number of aromatic nitrogens is 1. The molecule has 2 aromatic carbocycles. The van der Waals surface area contributed by atoms with Crippen LogP contribution in [0.2, 0.25) is 0 Å². The Bertz CT molecular complexity index is 1100. The van der Waals surface area contributed by atoms with Crippen LogP contribution in [0.4, 0.5) is 10.1 Å². The van der Waals surface area contributed by atoms with Gasteiger partial charge in [0, 0.05) is 42.5 Å².